The summed E-state index contributed by atoms with van der Waals surface area (Å²) in [5.41, 5.74) is 3.98. The summed E-state index contributed by atoms with van der Waals surface area (Å²) >= 11 is 13.2. The zero-order chi connectivity index (χ0) is 23.5. The summed E-state index contributed by atoms with van der Waals surface area (Å²) in [4.78, 5) is 7.28. The van der Waals surface area contributed by atoms with E-state index < -0.39 is 0 Å². The zero-order valence-corrected chi connectivity index (χ0v) is 21.2. The van der Waals surface area contributed by atoms with Crippen molar-refractivity contribution in [3.63, 3.8) is 0 Å². The van der Waals surface area contributed by atoms with E-state index in [1.807, 2.05) is 24.4 Å². The van der Waals surface area contributed by atoms with Crippen LogP contribution in [0.5, 0.6) is 5.75 Å². The molecule has 0 amide bonds. The molecule has 1 aliphatic rings. The van der Waals surface area contributed by atoms with Gasteiger partial charge in [-0.1, -0.05) is 30.1 Å². The van der Waals surface area contributed by atoms with E-state index in [1.54, 1.807) is 19.2 Å². The van der Waals surface area contributed by atoms with Gasteiger partial charge in [0.2, 0.25) is 0 Å². The van der Waals surface area contributed by atoms with Crippen LogP contribution in [-0.2, 0) is 0 Å². The van der Waals surface area contributed by atoms with Crippen molar-refractivity contribution in [1.82, 2.24) is 24.8 Å². The minimum atomic E-state index is 0.507. The lowest BCUT2D eigenvalue weighted by Gasteiger charge is -2.32. The molecular formula is C24H32Cl2N6O. The van der Waals surface area contributed by atoms with E-state index in [0.29, 0.717) is 21.8 Å². The number of rotatable bonds is 8. The quantitative estimate of drug-likeness (QED) is 0.441. The fourth-order valence-electron chi connectivity index (χ4n) is 4.55. The number of aromatic nitrogens is 3. The molecule has 1 aliphatic heterocycles. The van der Waals surface area contributed by atoms with Crippen LogP contribution in [0, 0.1) is 13.8 Å². The first-order valence-corrected chi connectivity index (χ1v) is 12.3. The Morgan fingerprint density at radius 1 is 1.12 bits per heavy atom. The van der Waals surface area contributed by atoms with Gasteiger partial charge in [0, 0.05) is 43.0 Å². The number of ether oxygens (including phenoxy) is 1. The lowest BCUT2D eigenvalue weighted by Crippen LogP contribution is -2.46. The summed E-state index contributed by atoms with van der Waals surface area (Å²) in [6.07, 6.45) is 2.50. The highest BCUT2D eigenvalue weighted by molar-refractivity contribution is 6.39. The normalized spacial score (nSPS) is 17.0. The lowest BCUT2D eigenvalue weighted by atomic mass is 10.1. The van der Waals surface area contributed by atoms with E-state index in [4.69, 9.17) is 38.0 Å². The first-order chi connectivity index (χ1) is 15.9. The van der Waals surface area contributed by atoms with Crippen molar-refractivity contribution in [2.75, 3.05) is 45.2 Å². The summed E-state index contributed by atoms with van der Waals surface area (Å²) in [6.45, 7) is 11.3. The van der Waals surface area contributed by atoms with E-state index >= 15 is 0 Å². The third-order valence-corrected chi connectivity index (χ3v) is 6.81. The van der Waals surface area contributed by atoms with Crippen molar-refractivity contribution in [2.24, 2.45) is 0 Å². The lowest BCUT2D eigenvalue weighted by molar-refractivity contribution is 0.200. The molecule has 0 spiro atoms. The highest BCUT2D eigenvalue weighted by Crippen LogP contribution is 2.41. The Morgan fingerprint density at radius 3 is 2.58 bits per heavy atom. The molecule has 1 unspecified atom stereocenters. The van der Waals surface area contributed by atoms with Gasteiger partial charge in [0.1, 0.15) is 11.6 Å². The molecule has 4 rings (SSSR count). The van der Waals surface area contributed by atoms with Crippen LogP contribution < -0.4 is 15.4 Å². The van der Waals surface area contributed by atoms with Gasteiger partial charge in [0.15, 0.2) is 5.65 Å². The fraction of sp³-hybridized carbons (Fsp3) is 0.500. The molecule has 0 radical (unpaired) electrons. The SMILES string of the molecule is CCN1CCCC(NCCNc2cc(C)nc3c(-c4c(Cl)cc(OC)cc4Cl)c(C)nn23)C1. The number of nitrogens with zero attached hydrogens (tertiary/aromatic N) is 4. The summed E-state index contributed by atoms with van der Waals surface area (Å²) < 4.78 is 7.13. The average Bonchev–Trinajstić information content (AvgIpc) is 3.12. The minimum Gasteiger partial charge on any atom is -0.497 e. The van der Waals surface area contributed by atoms with Crippen LogP contribution in [0.2, 0.25) is 10.0 Å². The number of benzene rings is 1. The number of likely N-dealkylation sites (tertiary alicyclic amines) is 1. The summed E-state index contributed by atoms with van der Waals surface area (Å²) in [5, 5.41) is 13.0. The number of piperidine rings is 1. The van der Waals surface area contributed by atoms with Crippen molar-refractivity contribution in [3.05, 3.63) is 39.6 Å². The molecule has 0 aliphatic carbocycles. The Kier molecular flexibility index (Phi) is 7.64. The molecule has 2 N–H and O–H groups in total. The molecule has 1 atom stereocenters. The van der Waals surface area contributed by atoms with E-state index in [2.05, 4.69) is 22.5 Å². The van der Waals surface area contributed by atoms with E-state index in [1.165, 1.54) is 19.4 Å². The van der Waals surface area contributed by atoms with E-state index in [0.717, 1.165) is 60.2 Å². The maximum absolute atomic E-state index is 6.60. The largest absolute Gasteiger partial charge is 0.497 e. The Bertz CT molecular complexity index is 1110. The Morgan fingerprint density at radius 2 is 1.88 bits per heavy atom. The Labute approximate surface area is 205 Å². The van der Waals surface area contributed by atoms with Crippen LogP contribution in [0.4, 0.5) is 5.82 Å². The van der Waals surface area contributed by atoms with Crippen LogP contribution in [-0.4, -0.2) is 65.4 Å². The van der Waals surface area contributed by atoms with Gasteiger partial charge in [-0.15, -0.1) is 0 Å². The molecule has 33 heavy (non-hydrogen) atoms. The molecule has 9 heteroatoms. The monoisotopic (exact) mass is 490 g/mol. The van der Waals surface area contributed by atoms with Crippen molar-refractivity contribution in [3.8, 4) is 16.9 Å². The number of hydrogen-bond donors (Lipinski definition) is 2. The second-order valence-corrected chi connectivity index (χ2v) is 9.37. The molecule has 1 saturated heterocycles. The highest BCUT2D eigenvalue weighted by Gasteiger charge is 2.22. The smallest absolute Gasteiger partial charge is 0.165 e. The predicted octanol–water partition coefficient (Wildman–Crippen LogP) is 4.81. The summed E-state index contributed by atoms with van der Waals surface area (Å²) in [5.74, 6) is 1.51. The van der Waals surface area contributed by atoms with Gasteiger partial charge < -0.3 is 20.3 Å². The third-order valence-electron chi connectivity index (χ3n) is 6.21. The number of methoxy groups -OCH3 is 1. The van der Waals surface area contributed by atoms with Gasteiger partial charge in [0.25, 0.3) is 0 Å². The second kappa shape index (κ2) is 10.5. The van der Waals surface area contributed by atoms with Crippen LogP contribution in [0.25, 0.3) is 16.8 Å². The predicted molar refractivity (Wildman–Crippen MR) is 136 cm³/mol. The Hall–Kier alpha value is -2.06. The maximum atomic E-state index is 6.60. The van der Waals surface area contributed by atoms with E-state index in [-0.39, 0.29) is 0 Å². The molecule has 178 valence electrons. The zero-order valence-electron chi connectivity index (χ0n) is 19.7. The molecule has 3 aromatic rings. The molecule has 3 heterocycles. The van der Waals surface area contributed by atoms with Gasteiger partial charge in [-0.2, -0.15) is 9.61 Å². The van der Waals surface area contributed by atoms with Gasteiger partial charge in [-0.25, -0.2) is 4.98 Å². The maximum Gasteiger partial charge on any atom is 0.165 e. The number of anilines is 1. The van der Waals surface area contributed by atoms with Crippen LogP contribution >= 0.6 is 23.2 Å². The van der Waals surface area contributed by atoms with Crippen molar-refractivity contribution >= 4 is 34.7 Å². The number of fused-ring (bicyclic) bond motifs is 1. The van der Waals surface area contributed by atoms with Crippen molar-refractivity contribution in [2.45, 2.75) is 39.7 Å². The van der Waals surface area contributed by atoms with Crippen LogP contribution in [0.1, 0.15) is 31.2 Å². The topological polar surface area (TPSA) is 66.7 Å². The first-order valence-electron chi connectivity index (χ1n) is 11.5. The molecule has 1 aromatic carbocycles. The third kappa shape index (κ3) is 5.22. The standard InChI is InChI=1S/C24H32Cl2N6O/c1-5-31-10-6-7-17(14-31)27-8-9-28-21-11-15(2)29-24-22(16(3)30-32(21)24)23-19(25)12-18(33-4)13-20(23)26/h11-13,17,27-28H,5-10,14H2,1-4H3. The summed E-state index contributed by atoms with van der Waals surface area (Å²) in [6, 6.07) is 6.09. The first kappa shape index (κ1) is 24.1. The number of aryl methyl sites for hydroxylation is 2. The van der Waals surface area contributed by atoms with Crippen molar-refractivity contribution in [1.29, 1.82) is 0 Å². The van der Waals surface area contributed by atoms with Gasteiger partial charge in [-0.3, -0.25) is 0 Å². The van der Waals surface area contributed by atoms with Crippen LogP contribution in [0.3, 0.4) is 0 Å². The number of likely N-dealkylation sites (N-methyl/N-ethyl adjacent to an activating group) is 1. The molecular weight excluding hydrogens is 459 g/mol. The molecule has 0 saturated carbocycles. The molecule has 0 bridgehead atoms. The molecule has 1 fully saturated rings. The summed E-state index contributed by atoms with van der Waals surface area (Å²) in [7, 11) is 1.59. The number of halogens is 2. The van der Waals surface area contributed by atoms with Crippen LogP contribution in [0.15, 0.2) is 18.2 Å². The average molecular weight is 491 g/mol. The van der Waals surface area contributed by atoms with Gasteiger partial charge in [0.05, 0.1) is 28.4 Å². The highest BCUT2D eigenvalue weighted by atomic mass is 35.5. The molecule has 2 aromatic heterocycles. The second-order valence-electron chi connectivity index (χ2n) is 8.56. The van der Waals surface area contributed by atoms with Gasteiger partial charge in [-0.05, 0) is 51.9 Å². The van der Waals surface area contributed by atoms with Gasteiger partial charge >= 0.3 is 0 Å². The fourth-order valence-corrected chi connectivity index (χ4v) is 5.20. The number of hydrogen-bond acceptors (Lipinski definition) is 6. The number of nitrogens with one attached hydrogen (secondary N) is 2. The minimum absolute atomic E-state index is 0.507. The van der Waals surface area contributed by atoms with Crippen molar-refractivity contribution < 1.29 is 4.74 Å². The Balaban J connectivity index is 1.55. The van der Waals surface area contributed by atoms with E-state index in [9.17, 15) is 0 Å². The molecule has 7 nitrogen and oxygen atoms in total.